The van der Waals surface area contributed by atoms with Crippen LogP contribution in [0.5, 0.6) is 0 Å². The first-order valence-electron chi connectivity index (χ1n) is 11.4. The number of aryl methyl sites for hydroxylation is 2. The molecule has 0 unspecified atom stereocenters. The number of hydrogen-bond acceptors (Lipinski definition) is 6. The molecule has 1 saturated heterocycles. The molecule has 4 rings (SSSR count). The van der Waals surface area contributed by atoms with E-state index in [4.69, 9.17) is 4.52 Å². The first-order valence-corrected chi connectivity index (χ1v) is 11.4. The molecular weight excluding hydrogens is 437 g/mol. The molecule has 0 saturated carbocycles. The highest BCUT2D eigenvalue weighted by atomic mass is 19.1. The van der Waals surface area contributed by atoms with Crippen molar-refractivity contribution >= 4 is 17.5 Å². The number of rotatable bonds is 8. The Kier molecular flexibility index (Phi) is 7.51. The first-order chi connectivity index (χ1) is 16.5. The van der Waals surface area contributed by atoms with Gasteiger partial charge in [0.05, 0.1) is 0 Å². The summed E-state index contributed by atoms with van der Waals surface area (Å²) in [6.45, 7) is 4.90. The number of piperazine rings is 1. The van der Waals surface area contributed by atoms with Crippen molar-refractivity contribution in [1.29, 1.82) is 0 Å². The van der Waals surface area contributed by atoms with Gasteiger partial charge in [0.2, 0.25) is 23.5 Å². The lowest BCUT2D eigenvalue weighted by Gasteiger charge is -2.36. The Morgan fingerprint density at radius 2 is 1.82 bits per heavy atom. The lowest BCUT2D eigenvalue weighted by Crippen LogP contribution is -2.49. The number of halogens is 1. The van der Waals surface area contributed by atoms with Crippen LogP contribution in [0.2, 0.25) is 0 Å². The molecule has 2 heterocycles. The highest BCUT2D eigenvalue weighted by Crippen LogP contribution is 2.19. The van der Waals surface area contributed by atoms with Crippen LogP contribution in [0, 0.1) is 12.7 Å². The minimum absolute atomic E-state index is 0.0416. The van der Waals surface area contributed by atoms with Crippen LogP contribution in [0.25, 0.3) is 11.4 Å². The smallest absolute Gasteiger partial charge is 0.227 e. The molecule has 1 fully saturated rings. The monoisotopic (exact) mass is 465 g/mol. The van der Waals surface area contributed by atoms with Gasteiger partial charge in [0.15, 0.2) is 0 Å². The van der Waals surface area contributed by atoms with Crippen LogP contribution in [-0.2, 0) is 16.0 Å². The fourth-order valence-corrected chi connectivity index (χ4v) is 3.83. The Bertz CT molecular complexity index is 1130. The fourth-order valence-electron chi connectivity index (χ4n) is 3.83. The second-order valence-electron chi connectivity index (χ2n) is 8.28. The molecule has 0 atom stereocenters. The zero-order valence-corrected chi connectivity index (χ0v) is 19.2. The second-order valence-corrected chi connectivity index (χ2v) is 8.28. The number of benzene rings is 2. The van der Waals surface area contributed by atoms with Gasteiger partial charge in [-0.3, -0.25) is 9.59 Å². The standard InChI is InChI=1S/C25H28FN5O3/c1-18-7-8-19(17-21(18)26)25-28-23(34-29-25)10-9-22(32)27-12-11-24(33)31-15-13-30(14-16-31)20-5-3-2-4-6-20/h2-8,17H,9-16H2,1H3,(H,27,32). The molecule has 1 aliphatic rings. The molecule has 0 bridgehead atoms. The van der Waals surface area contributed by atoms with E-state index in [9.17, 15) is 14.0 Å². The molecule has 0 aliphatic carbocycles. The van der Waals surface area contributed by atoms with E-state index in [-0.39, 0.29) is 49.3 Å². The van der Waals surface area contributed by atoms with E-state index in [1.165, 1.54) is 11.8 Å². The first kappa shape index (κ1) is 23.4. The second kappa shape index (κ2) is 10.9. The molecule has 1 N–H and O–H groups in total. The number of nitrogens with zero attached hydrogens (tertiary/aromatic N) is 4. The Morgan fingerprint density at radius 3 is 2.56 bits per heavy atom. The lowest BCUT2D eigenvalue weighted by atomic mass is 10.1. The van der Waals surface area contributed by atoms with E-state index in [1.54, 1.807) is 19.1 Å². The molecule has 178 valence electrons. The highest BCUT2D eigenvalue weighted by Gasteiger charge is 2.21. The summed E-state index contributed by atoms with van der Waals surface area (Å²) in [5.74, 6) is 0.101. The van der Waals surface area contributed by atoms with E-state index < -0.39 is 0 Å². The molecule has 1 aliphatic heterocycles. The number of anilines is 1. The molecule has 0 spiro atoms. The third-order valence-corrected chi connectivity index (χ3v) is 5.88. The van der Waals surface area contributed by atoms with E-state index in [2.05, 4.69) is 32.5 Å². The van der Waals surface area contributed by atoms with Crippen LogP contribution >= 0.6 is 0 Å². The summed E-state index contributed by atoms with van der Waals surface area (Å²) in [7, 11) is 0. The normalized spacial score (nSPS) is 13.7. The number of hydrogen-bond donors (Lipinski definition) is 1. The summed E-state index contributed by atoms with van der Waals surface area (Å²) < 4.78 is 18.9. The lowest BCUT2D eigenvalue weighted by molar-refractivity contribution is -0.131. The van der Waals surface area contributed by atoms with Gasteiger partial charge in [-0.15, -0.1) is 0 Å². The van der Waals surface area contributed by atoms with Gasteiger partial charge in [0, 0.05) is 63.2 Å². The van der Waals surface area contributed by atoms with Gasteiger partial charge in [-0.1, -0.05) is 35.5 Å². The number of carbonyl (C=O) groups excluding carboxylic acids is 2. The molecule has 9 heteroatoms. The maximum absolute atomic E-state index is 13.7. The van der Waals surface area contributed by atoms with Crippen LogP contribution in [0.4, 0.5) is 10.1 Å². The van der Waals surface area contributed by atoms with Gasteiger partial charge in [0.1, 0.15) is 5.82 Å². The van der Waals surface area contributed by atoms with Gasteiger partial charge < -0.3 is 19.6 Å². The Labute approximate surface area is 197 Å². The SMILES string of the molecule is Cc1ccc(-c2noc(CCC(=O)NCCC(=O)N3CCN(c4ccccc4)CC3)n2)cc1F. The predicted octanol–water partition coefficient (Wildman–Crippen LogP) is 2.97. The van der Waals surface area contributed by atoms with Gasteiger partial charge in [0.25, 0.3) is 0 Å². The highest BCUT2D eigenvalue weighted by molar-refractivity contribution is 5.79. The Hall–Kier alpha value is -3.75. The summed E-state index contributed by atoms with van der Waals surface area (Å²) in [4.78, 5) is 33.0. The number of amides is 2. The van der Waals surface area contributed by atoms with Crippen LogP contribution in [0.1, 0.15) is 24.3 Å². The van der Waals surface area contributed by atoms with Crippen molar-refractivity contribution in [1.82, 2.24) is 20.4 Å². The summed E-state index contributed by atoms with van der Waals surface area (Å²) in [6.07, 6.45) is 0.692. The number of nitrogens with one attached hydrogen (secondary N) is 1. The molecule has 0 radical (unpaired) electrons. The average molecular weight is 466 g/mol. The third-order valence-electron chi connectivity index (χ3n) is 5.88. The van der Waals surface area contributed by atoms with Crippen molar-refractivity contribution < 1.29 is 18.5 Å². The maximum Gasteiger partial charge on any atom is 0.227 e. The molecular formula is C25H28FN5O3. The largest absolute Gasteiger partial charge is 0.368 e. The van der Waals surface area contributed by atoms with Crippen molar-refractivity contribution in [3.8, 4) is 11.4 Å². The zero-order valence-electron chi connectivity index (χ0n) is 19.2. The van der Waals surface area contributed by atoms with Crippen molar-refractivity contribution in [2.45, 2.75) is 26.2 Å². The molecule has 34 heavy (non-hydrogen) atoms. The van der Waals surface area contributed by atoms with Gasteiger partial charge in [-0.25, -0.2) is 4.39 Å². The summed E-state index contributed by atoms with van der Waals surface area (Å²) in [6, 6.07) is 14.9. The van der Waals surface area contributed by atoms with E-state index in [1.807, 2.05) is 23.1 Å². The number of para-hydroxylation sites is 1. The minimum Gasteiger partial charge on any atom is -0.368 e. The van der Waals surface area contributed by atoms with Crippen LogP contribution in [0.15, 0.2) is 53.1 Å². The Balaban J connectivity index is 1.15. The van der Waals surface area contributed by atoms with E-state index >= 15 is 0 Å². The Morgan fingerprint density at radius 1 is 1.06 bits per heavy atom. The van der Waals surface area contributed by atoms with Crippen molar-refractivity contribution in [2.75, 3.05) is 37.6 Å². The summed E-state index contributed by atoms with van der Waals surface area (Å²) in [5.41, 5.74) is 2.23. The quantitative estimate of drug-likeness (QED) is 0.550. The fraction of sp³-hybridized carbons (Fsp3) is 0.360. The molecule has 8 nitrogen and oxygen atoms in total. The number of aromatic nitrogens is 2. The van der Waals surface area contributed by atoms with Gasteiger partial charge in [-0.2, -0.15) is 4.98 Å². The molecule has 3 aromatic rings. The van der Waals surface area contributed by atoms with E-state index in [0.717, 1.165) is 13.1 Å². The van der Waals surface area contributed by atoms with E-state index in [0.29, 0.717) is 30.1 Å². The van der Waals surface area contributed by atoms with Gasteiger partial charge in [-0.05, 0) is 30.7 Å². The van der Waals surface area contributed by atoms with Crippen LogP contribution < -0.4 is 10.2 Å². The average Bonchev–Trinajstić information content (AvgIpc) is 3.34. The zero-order chi connectivity index (χ0) is 23.9. The summed E-state index contributed by atoms with van der Waals surface area (Å²) in [5, 5.41) is 6.63. The van der Waals surface area contributed by atoms with Crippen molar-refractivity contribution in [3.05, 3.63) is 65.8 Å². The van der Waals surface area contributed by atoms with Crippen molar-refractivity contribution in [3.63, 3.8) is 0 Å². The summed E-state index contributed by atoms with van der Waals surface area (Å²) >= 11 is 0. The molecule has 2 amide bonds. The number of carbonyl (C=O) groups is 2. The minimum atomic E-state index is -0.337. The van der Waals surface area contributed by atoms with Crippen LogP contribution in [-0.4, -0.2) is 59.6 Å². The maximum atomic E-state index is 13.7. The molecule has 1 aromatic heterocycles. The third kappa shape index (κ3) is 5.98. The van der Waals surface area contributed by atoms with Crippen molar-refractivity contribution in [2.24, 2.45) is 0 Å². The van der Waals surface area contributed by atoms with Gasteiger partial charge >= 0.3 is 0 Å². The predicted molar refractivity (Wildman–Crippen MR) is 126 cm³/mol. The molecule has 2 aromatic carbocycles. The van der Waals surface area contributed by atoms with Crippen LogP contribution in [0.3, 0.4) is 0 Å². The topological polar surface area (TPSA) is 91.6 Å².